The Balaban J connectivity index is 2.53. The molecule has 0 aliphatic rings. The Hall–Kier alpha value is -1.25. The summed E-state index contributed by atoms with van der Waals surface area (Å²) in [7, 11) is 0. The topological polar surface area (TPSA) is 22.0 Å². The highest BCUT2D eigenvalue weighted by atomic mass is 35.5. The van der Waals surface area contributed by atoms with E-state index in [0.29, 0.717) is 10.9 Å². The molecule has 0 spiro atoms. The number of benzene rings is 1. The molecule has 0 aliphatic heterocycles. The van der Waals surface area contributed by atoms with Crippen LogP contribution in [-0.4, -0.2) is 16.7 Å². The summed E-state index contributed by atoms with van der Waals surface area (Å²) >= 11 is 11.8. The van der Waals surface area contributed by atoms with Crippen molar-refractivity contribution in [2.45, 2.75) is 19.8 Å². The van der Waals surface area contributed by atoms with Gasteiger partial charge in [-0.3, -0.25) is 0 Å². The number of halogens is 2. The third-order valence-electron chi connectivity index (χ3n) is 3.29. The van der Waals surface area contributed by atoms with E-state index in [4.69, 9.17) is 23.2 Å². The number of hydrogen-bond acceptors (Lipinski definition) is 1. The maximum absolute atomic E-state index is 11.1. The van der Waals surface area contributed by atoms with E-state index in [-0.39, 0.29) is 5.92 Å². The maximum atomic E-state index is 11.1. The van der Waals surface area contributed by atoms with Crippen LogP contribution < -0.4 is 0 Å². The van der Waals surface area contributed by atoms with Gasteiger partial charge in [-0.05, 0) is 49.7 Å². The number of aldehydes is 1. The van der Waals surface area contributed by atoms with Crippen LogP contribution in [0.1, 0.15) is 22.9 Å². The van der Waals surface area contributed by atoms with Crippen molar-refractivity contribution >= 4 is 29.5 Å². The largest absolute Gasteiger partial charge is 0.318 e. The molecule has 2 aromatic rings. The molecule has 1 unspecified atom stereocenters. The van der Waals surface area contributed by atoms with Crippen LogP contribution in [0, 0.1) is 13.8 Å². The lowest BCUT2D eigenvalue weighted by atomic mass is 10.0. The second-order valence-corrected chi connectivity index (χ2v) is 5.28. The van der Waals surface area contributed by atoms with Crippen LogP contribution >= 0.6 is 23.2 Å². The van der Waals surface area contributed by atoms with Gasteiger partial charge in [0.05, 0.1) is 5.92 Å². The average molecular weight is 296 g/mol. The van der Waals surface area contributed by atoms with Crippen molar-refractivity contribution in [2.24, 2.45) is 0 Å². The summed E-state index contributed by atoms with van der Waals surface area (Å²) in [6.07, 6.45) is 0.904. The minimum Gasteiger partial charge on any atom is -0.318 e. The van der Waals surface area contributed by atoms with Crippen LogP contribution in [0.2, 0.25) is 5.02 Å². The van der Waals surface area contributed by atoms with Crippen LogP contribution in [0.5, 0.6) is 0 Å². The van der Waals surface area contributed by atoms with Gasteiger partial charge >= 0.3 is 0 Å². The van der Waals surface area contributed by atoms with Crippen molar-refractivity contribution in [1.82, 2.24) is 4.57 Å². The van der Waals surface area contributed by atoms with E-state index in [1.807, 2.05) is 44.2 Å². The molecule has 0 radical (unpaired) electrons. The molecule has 100 valence electrons. The van der Waals surface area contributed by atoms with Crippen LogP contribution in [0.25, 0.3) is 5.69 Å². The SMILES string of the molecule is Cc1cc(C(C=O)CCl)c(C)n1-c1ccc(Cl)cc1. The quantitative estimate of drug-likeness (QED) is 0.610. The van der Waals surface area contributed by atoms with E-state index in [1.54, 1.807) is 0 Å². The van der Waals surface area contributed by atoms with Gasteiger partial charge in [0.15, 0.2) is 0 Å². The molecule has 0 amide bonds. The van der Waals surface area contributed by atoms with E-state index in [0.717, 1.165) is 28.9 Å². The fourth-order valence-electron chi connectivity index (χ4n) is 2.34. The number of rotatable bonds is 4. The number of alkyl halides is 1. The monoisotopic (exact) mass is 295 g/mol. The zero-order valence-electron chi connectivity index (χ0n) is 10.9. The first kappa shape index (κ1) is 14.2. The summed E-state index contributed by atoms with van der Waals surface area (Å²) in [5, 5.41) is 0.706. The van der Waals surface area contributed by atoms with E-state index >= 15 is 0 Å². The molecule has 19 heavy (non-hydrogen) atoms. The van der Waals surface area contributed by atoms with Crippen molar-refractivity contribution in [2.75, 3.05) is 5.88 Å². The molecule has 0 fully saturated rings. The molecule has 0 bridgehead atoms. The number of nitrogens with zero attached hydrogens (tertiary/aromatic N) is 1. The van der Waals surface area contributed by atoms with E-state index in [9.17, 15) is 4.79 Å². The Morgan fingerprint density at radius 3 is 2.42 bits per heavy atom. The molecule has 0 aliphatic carbocycles. The lowest BCUT2D eigenvalue weighted by Gasteiger charge is -2.11. The van der Waals surface area contributed by atoms with Crippen molar-refractivity contribution < 1.29 is 4.79 Å². The van der Waals surface area contributed by atoms with Gasteiger partial charge in [0, 0.05) is 28.0 Å². The normalized spacial score (nSPS) is 12.4. The van der Waals surface area contributed by atoms with Gasteiger partial charge < -0.3 is 9.36 Å². The lowest BCUT2D eigenvalue weighted by Crippen LogP contribution is -2.04. The van der Waals surface area contributed by atoms with Crippen molar-refractivity contribution in [3.05, 3.63) is 52.3 Å². The predicted octanol–water partition coefficient (Wildman–Crippen LogP) is 4.27. The Labute approximate surface area is 123 Å². The number of carbonyl (C=O) groups is 1. The molecule has 1 aromatic carbocycles. The summed E-state index contributed by atoms with van der Waals surface area (Å²) in [5.74, 6) is 0.0444. The third-order valence-corrected chi connectivity index (χ3v) is 3.87. The van der Waals surface area contributed by atoms with Gasteiger partial charge in [0.2, 0.25) is 0 Å². The average Bonchev–Trinajstić information content (AvgIpc) is 2.68. The fourth-order valence-corrected chi connectivity index (χ4v) is 2.71. The first-order valence-electron chi connectivity index (χ1n) is 6.04. The molecule has 0 N–H and O–H groups in total. The lowest BCUT2D eigenvalue weighted by molar-refractivity contribution is -0.108. The number of hydrogen-bond donors (Lipinski definition) is 0. The minimum atomic E-state index is -0.256. The van der Waals surface area contributed by atoms with Crippen molar-refractivity contribution in [1.29, 1.82) is 0 Å². The first-order chi connectivity index (χ1) is 9.08. The van der Waals surface area contributed by atoms with Gasteiger partial charge in [0.25, 0.3) is 0 Å². The van der Waals surface area contributed by atoms with Crippen LogP contribution in [-0.2, 0) is 4.79 Å². The van der Waals surface area contributed by atoms with Gasteiger partial charge in [-0.2, -0.15) is 0 Å². The number of aromatic nitrogens is 1. The molecular formula is C15H15Cl2NO. The second-order valence-electron chi connectivity index (χ2n) is 4.54. The smallest absolute Gasteiger partial charge is 0.128 e. The maximum Gasteiger partial charge on any atom is 0.128 e. The van der Waals surface area contributed by atoms with Gasteiger partial charge in [-0.25, -0.2) is 0 Å². The molecule has 1 heterocycles. The fraction of sp³-hybridized carbons (Fsp3) is 0.267. The van der Waals surface area contributed by atoms with Gasteiger partial charge in [-0.1, -0.05) is 11.6 Å². The first-order valence-corrected chi connectivity index (χ1v) is 6.95. The zero-order valence-corrected chi connectivity index (χ0v) is 12.4. The highest BCUT2D eigenvalue weighted by Crippen LogP contribution is 2.27. The van der Waals surface area contributed by atoms with E-state index in [1.165, 1.54) is 0 Å². The molecule has 1 atom stereocenters. The Morgan fingerprint density at radius 2 is 1.89 bits per heavy atom. The Bertz CT molecular complexity index is 587. The highest BCUT2D eigenvalue weighted by molar-refractivity contribution is 6.30. The van der Waals surface area contributed by atoms with Gasteiger partial charge in [0.1, 0.15) is 6.29 Å². The standard InChI is InChI=1S/C15H15Cl2NO/c1-10-7-15(12(8-16)9-19)11(2)18(10)14-5-3-13(17)4-6-14/h3-7,9,12H,8H2,1-2H3. The van der Waals surface area contributed by atoms with Crippen molar-refractivity contribution in [3.8, 4) is 5.69 Å². The summed E-state index contributed by atoms with van der Waals surface area (Å²) in [6, 6.07) is 9.65. The van der Waals surface area contributed by atoms with Crippen LogP contribution in [0.4, 0.5) is 0 Å². The summed E-state index contributed by atoms with van der Waals surface area (Å²) in [6.45, 7) is 4.02. The molecule has 2 nitrogen and oxygen atoms in total. The minimum absolute atomic E-state index is 0.256. The summed E-state index contributed by atoms with van der Waals surface area (Å²) in [5.41, 5.74) is 4.13. The second kappa shape index (κ2) is 5.81. The number of carbonyl (C=O) groups excluding carboxylic acids is 1. The Kier molecular flexibility index (Phi) is 4.33. The van der Waals surface area contributed by atoms with E-state index in [2.05, 4.69) is 4.57 Å². The molecule has 2 rings (SSSR count). The molecule has 0 saturated carbocycles. The predicted molar refractivity (Wildman–Crippen MR) is 79.8 cm³/mol. The Morgan fingerprint density at radius 1 is 1.26 bits per heavy atom. The molecule has 0 saturated heterocycles. The molecular weight excluding hydrogens is 281 g/mol. The van der Waals surface area contributed by atoms with Crippen molar-refractivity contribution in [3.63, 3.8) is 0 Å². The molecule has 4 heteroatoms. The van der Waals surface area contributed by atoms with Crippen LogP contribution in [0.15, 0.2) is 30.3 Å². The third kappa shape index (κ3) is 2.70. The van der Waals surface area contributed by atoms with Crippen LogP contribution in [0.3, 0.4) is 0 Å². The summed E-state index contributed by atoms with van der Waals surface area (Å²) < 4.78 is 2.11. The summed E-state index contributed by atoms with van der Waals surface area (Å²) in [4.78, 5) is 11.1. The molecule has 1 aromatic heterocycles. The zero-order chi connectivity index (χ0) is 14.0. The highest BCUT2D eigenvalue weighted by Gasteiger charge is 2.17. The number of aryl methyl sites for hydroxylation is 1. The van der Waals surface area contributed by atoms with E-state index < -0.39 is 0 Å². The van der Waals surface area contributed by atoms with Gasteiger partial charge in [-0.15, -0.1) is 11.6 Å².